The predicted molar refractivity (Wildman–Crippen MR) is 101 cm³/mol. The molecule has 140 valence electrons. The lowest BCUT2D eigenvalue weighted by Gasteiger charge is -2.36. The van der Waals surface area contributed by atoms with Gasteiger partial charge in [0.05, 0.1) is 17.4 Å². The predicted octanol–water partition coefficient (Wildman–Crippen LogP) is 3.65. The molecule has 2 aliphatic rings. The molecule has 5 rings (SSSR count). The Labute approximate surface area is 157 Å². The first-order valence-corrected chi connectivity index (χ1v) is 9.49. The third-order valence-electron chi connectivity index (χ3n) is 5.44. The maximum Gasteiger partial charge on any atom is 0.161 e. The molecule has 0 bridgehead atoms. The molecule has 0 amide bonds. The largest absolute Gasteiger partial charge is 0.486 e. The average molecular weight is 367 g/mol. The van der Waals surface area contributed by atoms with Crippen molar-refractivity contribution < 1.29 is 13.9 Å². The van der Waals surface area contributed by atoms with Gasteiger partial charge in [-0.25, -0.2) is 9.37 Å². The quantitative estimate of drug-likeness (QED) is 0.708. The molecule has 27 heavy (non-hydrogen) atoms. The number of imidazole rings is 1. The van der Waals surface area contributed by atoms with E-state index >= 15 is 0 Å². The van der Waals surface area contributed by atoms with E-state index in [9.17, 15) is 4.39 Å². The van der Waals surface area contributed by atoms with Gasteiger partial charge in [0, 0.05) is 19.1 Å². The zero-order valence-electron chi connectivity index (χ0n) is 15.1. The number of aromatic nitrogens is 2. The molecular formula is C21H22FN3O2. The van der Waals surface area contributed by atoms with Gasteiger partial charge in [0.2, 0.25) is 0 Å². The number of nitrogens with zero attached hydrogens (tertiary/aromatic N) is 3. The molecule has 1 saturated heterocycles. The number of ether oxygens (including phenoxy) is 2. The fraction of sp³-hybridized carbons (Fsp3) is 0.381. The molecule has 3 heterocycles. The number of benzene rings is 2. The highest BCUT2D eigenvalue weighted by molar-refractivity contribution is 5.75. The van der Waals surface area contributed by atoms with Crippen molar-refractivity contribution in [2.45, 2.75) is 25.0 Å². The zero-order chi connectivity index (χ0) is 18.2. The van der Waals surface area contributed by atoms with Crippen LogP contribution in [0.2, 0.25) is 0 Å². The van der Waals surface area contributed by atoms with Crippen molar-refractivity contribution in [3.63, 3.8) is 0 Å². The van der Waals surface area contributed by atoms with Crippen LogP contribution < -0.4 is 9.47 Å². The smallest absolute Gasteiger partial charge is 0.161 e. The van der Waals surface area contributed by atoms with E-state index < -0.39 is 0 Å². The van der Waals surface area contributed by atoms with Crippen LogP contribution in [0.25, 0.3) is 11.0 Å². The Bertz CT molecular complexity index is 958. The van der Waals surface area contributed by atoms with Crippen LogP contribution in [-0.4, -0.2) is 46.8 Å². The summed E-state index contributed by atoms with van der Waals surface area (Å²) in [5.74, 6) is 1.42. The summed E-state index contributed by atoms with van der Waals surface area (Å²) in [6, 6.07) is 12.9. The van der Waals surface area contributed by atoms with Crippen molar-refractivity contribution in [1.29, 1.82) is 0 Å². The summed E-state index contributed by atoms with van der Waals surface area (Å²) in [5.41, 5.74) is 1.71. The van der Waals surface area contributed by atoms with E-state index in [1.165, 1.54) is 6.07 Å². The van der Waals surface area contributed by atoms with Crippen LogP contribution in [0.1, 0.15) is 18.9 Å². The number of hydrogen-bond acceptors (Lipinski definition) is 4. The first kappa shape index (κ1) is 16.6. The maximum absolute atomic E-state index is 13.7. The van der Waals surface area contributed by atoms with Crippen molar-refractivity contribution in [2.75, 3.05) is 26.2 Å². The van der Waals surface area contributed by atoms with E-state index in [2.05, 4.69) is 14.5 Å². The molecule has 0 saturated carbocycles. The van der Waals surface area contributed by atoms with Crippen LogP contribution in [0.3, 0.4) is 0 Å². The zero-order valence-corrected chi connectivity index (χ0v) is 15.1. The molecule has 0 N–H and O–H groups in total. The molecule has 0 spiro atoms. The van der Waals surface area contributed by atoms with Crippen molar-refractivity contribution in [1.82, 2.24) is 14.5 Å². The van der Waals surface area contributed by atoms with Gasteiger partial charge in [-0.2, -0.15) is 0 Å². The van der Waals surface area contributed by atoms with Gasteiger partial charge in [0.25, 0.3) is 0 Å². The minimum atomic E-state index is -0.219. The van der Waals surface area contributed by atoms with E-state index in [-0.39, 0.29) is 11.9 Å². The van der Waals surface area contributed by atoms with E-state index in [1.54, 1.807) is 12.1 Å². The van der Waals surface area contributed by atoms with E-state index in [0.717, 1.165) is 55.0 Å². The van der Waals surface area contributed by atoms with Crippen molar-refractivity contribution in [2.24, 2.45) is 0 Å². The average Bonchev–Trinajstić information content (AvgIpc) is 3.11. The van der Waals surface area contributed by atoms with Crippen LogP contribution in [-0.2, 0) is 0 Å². The molecule has 2 atom stereocenters. The highest BCUT2D eigenvalue weighted by Gasteiger charge is 2.27. The lowest BCUT2D eigenvalue weighted by atomic mass is 10.0. The first-order valence-electron chi connectivity index (χ1n) is 9.49. The second-order valence-corrected chi connectivity index (χ2v) is 7.34. The van der Waals surface area contributed by atoms with E-state index in [1.807, 2.05) is 30.6 Å². The Morgan fingerprint density at radius 2 is 2.04 bits per heavy atom. The molecular weight excluding hydrogens is 345 g/mol. The maximum atomic E-state index is 13.7. The second kappa shape index (κ2) is 6.85. The van der Waals surface area contributed by atoms with Crippen LogP contribution in [0.5, 0.6) is 11.5 Å². The number of hydrogen-bond donors (Lipinski definition) is 0. The van der Waals surface area contributed by atoms with Crippen LogP contribution in [0.15, 0.2) is 48.8 Å². The first-order chi connectivity index (χ1) is 13.3. The van der Waals surface area contributed by atoms with Crippen LogP contribution >= 0.6 is 0 Å². The van der Waals surface area contributed by atoms with Crippen molar-refractivity contribution >= 4 is 11.0 Å². The minimum Gasteiger partial charge on any atom is -0.486 e. The standard InChI is InChI=1S/C21H22FN3O2/c22-15-7-8-18-19(10-15)25(14-23-18)16-4-3-9-24(11-16)12-17-13-26-20-5-1-2-6-21(20)27-17/h1-2,5-8,10,14,16-17H,3-4,9,11-13H2/t16-,17-/m0/s1. The molecule has 0 aliphatic carbocycles. The molecule has 2 aromatic carbocycles. The van der Waals surface area contributed by atoms with Gasteiger partial charge in [-0.1, -0.05) is 12.1 Å². The topological polar surface area (TPSA) is 39.5 Å². The molecule has 2 aliphatic heterocycles. The molecule has 1 aromatic heterocycles. The summed E-state index contributed by atoms with van der Waals surface area (Å²) in [6.45, 7) is 3.34. The highest BCUT2D eigenvalue weighted by Crippen LogP contribution is 2.32. The SMILES string of the molecule is Fc1ccc2ncn([C@H]3CCCN(C[C@H]4COc5ccccc5O4)C3)c2c1. The number of likely N-dealkylation sites (tertiary alicyclic amines) is 1. The summed E-state index contributed by atoms with van der Waals surface area (Å²) < 4.78 is 27.8. The molecule has 1 fully saturated rings. The Kier molecular flexibility index (Phi) is 4.20. The lowest BCUT2D eigenvalue weighted by molar-refractivity contribution is 0.0464. The van der Waals surface area contributed by atoms with E-state index in [4.69, 9.17) is 9.47 Å². The van der Waals surface area contributed by atoms with Crippen LogP contribution in [0.4, 0.5) is 4.39 Å². The molecule has 3 aromatic rings. The van der Waals surface area contributed by atoms with Crippen LogP contribution in [0, 0.1) is 5.82 Å². The normalized spacial score (nSPS) is 22.9. The number of fused-ring (bicyclic) bond motifs is 2. The minimum absolute atomic E-state index is 0.0237. The third kappa shape index (κ3) is 3.25. The summed E-state index contributed by atoms with van der Waals surface area (Å²) in [6.07, 6.45) is 4.04. The third-order valence-corrected chi connectivity index (χ3v) is 5.44. The summed E-state index contributed by atoms with van der Waals surface area (Å²) in [7, 11) is 0. The number of rotatable bonds is 3. The van der Waals surface area contributed by atoms with Crippen molar-refractivity contribution in [3.05, 3.63) is 54.6 Å². The Morgan fingerprint density at radius 3 is 2.96 bits per heavy atom. The van der Waals surface area contributed by atoms with Gasteiger partial charge in [-0.05, 0) is 49.7 Å². The van der Waals surface area contributed by atoms with Gasteiger partial charge in [-0.15, -0.1) is 0 Å². The number of para-hydroxylation sites is 2. The highest BCUT2D eigenvalue weighted by atomic mass is 19.1. The van der Waals surface area contributed by atoms with Crippen molar-refractivity contribution in [3.8, 4) is 11.5 Å². The van der Waals surface area contributed by atoms with Gasteiger partial charge >= 0.3 is 0 Å². The van der Waals surface area contributed by atoms with Gasteiger partial charge in [0.1, 0.15) is 18.5 Å². The second-order valence-electron chi connectivity index (χ2n) is 7.34. The fourth-order valence-corrected chi connectivity index (χ4v) is 4.16. The number of piperidine rings is 1. The fourth-order valence-electron chi connectivity index (χ4n) is 4.16. The number of halogens is 1. The van der Waals surface area contributed by atoms with Gasteiger partial charge < -0.3 is 14.0 Å². The Morgan fingerprint density at radius 1 is 1.15 bits per heavy atom. The van der Waals surface area contributed by atoms with E-state index in [0.29, 0.717) is 12.6 Å². The molecule has 0 radical (unpaired) electrons. The van der Waals surface area contributed by atoms with Gasteiger partial charge in [-0.3, -0.25) is 4.90 Å². The summed E-state index contributed by atoms with van der Waals surface area (Å²) in [5, 5.41) is 0. The van der Waals surface area contributed by atoms with Gasteiger partial charge in [0.15, 0.2) is 11.5 Å². The summed E-state index contributed by atoms with van der Waals surface area (Å²) in [4.78, 5) is 6.85. The Hall–Kier alpha value is -2.60. The lowest BCUT2D eigenvalue weighted by Crippen LogP contribution is -2.45. The monoisotopic (exact) mass is 367 g/mol. The molecule has 5 nitrogen and oxygen atoms in total. The molecule has 0 unspecified atom stereocenters. The molecule has 6 heteroatoms. The summed E-state index contributed by atoms with van der Waals surface area (Å²) >= 11 is 0. The Balaban J connectivity index is 1.29.